The van der Waals surface area contributed by atoms with Gasteiger partial charge in [-0.15, -0.1) is 0 Å². The molecule has 1 aromatic carbocycles. The van der Waals surface area contributed by atoms with Gasteiger partial charge in [-0.2, -0.15) is 0 Å². The molecule has 1 aliphatic rings. The van der Waals surface area contributed by atoms with Gasteiger partial charge in [-0.25, -0.2) is 0 Å². The molecule has 1 aliphatic heterocycles. The number of nitrogens with two attached hydrogens (primary N) is 1. The standard InChI is InChI=1S/C11H16N2O/c1-11(12)7-13(8-11)6-9-3-2-4-10(14)5-9/h2-5,14H,6-8,12H2,1H3. The maximum absolute atomic E-state index is 9.28. The number of rotatable bonds is 2. The second-order valence-corrected chi connectivity index (χ2v) is 4.47. The molecule has 0 unspecified atom stereocenters. The van der Waals surface area contributed by atoms with E-state index in [1.165, 1.54) is 0 Å². The molecule has 0 bridgehead atoms. The first-order valence-electron chi connectivity index (χ1n) is 4.84. The van der Waals surface area contributed by atoms with Crippen molar-refractivity contribution in [2.24, 2.45) is 5.73 Å². The SMILES string of the molecule is CC1(N)CN(Cc2cccc(O)c2)C1. The van der Waals surface area contributed by atoms with Crippen LogP contribution < -0.4 is 5.73 Å². The summed E-state index contributed by atoms with van der Waals surface area (Å²) in [6, 6.07) is 7.37. The molecule has 2 rings (SSSR count). The minimum absolute atomic E-state index is 0.0170. The number of likely N-dealkylation sites (tertiary alicyclic amines) is 1. The predicted octanol–water partition coefficient (Wildman–Crippen LogP) is 0.925. The van der Waals surface area contributed by atoms with E-state index in [9.17, 15) is 5.11 Å². The Labute approximate surface area is 84.1 Å². The van der Waals surface area contributed by atoms with Gasteiger partial charge in [0, 0.05) is 25.2 Å². The number of hydrogen-bond donors (Lipinski definition) is 2. The Bertz CT molecular complexity index is 328. The minimum atomic E-state index is -0.0170. The van der Waals surface area contributed by atoms with E-state index in [0.29, 0.717) is 5.75 Å². The van der Waals surface area contributed by atoms with Gasteiger partial charge in [0.2, 0.25) is 0 Å². The van der Waals surface area contributed by atoms with E-state index in [1.807, 2.05) is 12.1 Å². The summed E-state index contributed by atoms with van der Waals surface area (Å²) in [4.78, 5) is 2.27. The molecule has 0 atom stereocenters. The Kier molecular flexibility index (Phi) is 2.21. The Morgan fingerprint density at radius 1 is 1.50 bits per heavy atom. The second-order valence-electron chi connectivity index (χ2n) is 4.47. The maximum atomic E-state index is 9.28. The zero-order chi connectivity index (χ0) is 10.2. The first-order valence-corrected chi connectivity index (χ1v) is 4.84. The largest absolute Gasteiger partial charge is 0.508 e. The second kappa shape index (κ2) is 3.26. The van der Waals surface area contributed by atoms with Crippen molar-refractivity contribution in [2.75, 3.05) is 13.1 Å². The third kappa shape index (κ3) is 2.05. The highest BCUT2D eigenvalue weighted by atomic mass is 16.3. The van der Waals surface area contributed by atoms with Crippen molar-refractivity contribution in [2.45, 2.75) is 19.0 Å². The van der Waals surface area contributed by atoms with Gasteiger partial charge in [0.05, 0.1) is 0 Å². The number of phenols is 1. The van der Waals surface area contributed by atoms with Gasteiger partial charge in [-0.3, -0.25) is 4.90 Å². The van der Waals surface area contributed by atoms with Crippen LogP contribution in [0.1, 0.15) is 12.5 Å². The summed E-state index contributed by atoms with van der Waals surface area (Å²) in [5.41, 5.74) is 7.03. The van der Waals surface area contributed by atoms with E-state index >= 15 is 0 Å². The Balaban J connectivity index is 1.93. The summed E-state index contributed by atoms with van der Waals surface area (Å²) < 4.78 is 0. The lowest BCUT2D eigenvalue weighted by molar-refractivity contribution is 0.0764. The molecular formula is C11H16N2O. The van der Waals surface area contributed by atoms with Crippen LogP contribution in [0.3, 0.4) is 0 Å². The molecule has 1 aromatic rings. The number of aromatic hydroxyl groups is 1. The van der Waals surface area contributed by atoms with Gasteiger partial charge >= 0.3 is 0 Å². The minimum Gasteiger partial charge on any atom is -0.508 e. The van der Waals surface area contributed by atoms with E-state index in [0.717, 1.165) is 25.2 Å². The van der Waals surface area contributed by atoms with Crippen LogP contribution >= 0.6 is 0 Å². The quantitative estimate of drug-likeness (QED) is 0.732. The van der Waals surface area contributed by atoms with Gasteiger partial charge in [0.15, 0.2) is 0 Å². The number of phenolic OH excluding ortho intramolecular Hbond substituents is 1. The van der Waals surface area contributed by atoms with Crippen LogP contribution in [0, 0.1) is 0 Å². The molecule has 1 heterocycles. The summed E-state index contributed by atoms with van der Waals surface area (Å²) in [7, 11) is 0. The van der Waals surface area contributed by atoms with E-state index < -0.39 is 0 Å². The molecule has 3 N–H and O–H groups in total. The van der Waals surface area contributed by atoms with E-state index in [4.69, 9.17) is 5.73 Å². The van der Waals surface area contributed by atoms with Crippen LogP contribution in [0.25, 0.3) is 0 Å². The zero-order valence-electron chi connectivity index (χ0n) is 8.40. The van der Waals surface area contributed by atoms with Crippen LogP contribution in [-0.4, -0.2) is 28.6 Å². The fourth-order valence-corrected chi connectivity index (χ4v) is 2.00. The molecular weight excluding hydrogens is 176 g/mol. The highest BCUT2D eigenvalue weighted by Crippen LogP contribution is 2.21. The Hall–Kier alpha value is -1.06. The molecule has 1 saturated heterocycles. The van der Waals surface area contributed by atoms with Crippen LogP contribution in [0.4, 0.5) is 0 Å². The van der Waals surface area contributed by atoms with E-state index in [1.54, 1.807) is 12.1 Å². The summed E-state index contributed by atoms with van der Waals surface area (Å²) in [5.74, 6) is 0.332. The van der Waals surface area contributed by atoms with Crippen LogP contribution in [-0.2, 0) is 6.54 Å². The number of hydrogen-bond acceptors (Lipinski definition) is 3. The lowest BCUT2D eigenvalue weighted by Crippen LogP contribution is -2.64. The molecule has 0 radical (unpaired) electrons. The average Bonchev–Trinajstić information content (AvgIpc) is 2.00. The van der Waals surface area contributed by atoms with Crippen molar-refractivity contribution in [3.8, 4) is 5.75 Å². The molecule has 0 aromatic heterocycles. The van der Waals surface area contributed by atoms with E-state index in [2.05, 4.69) is 11.8 Å². The van der Waals surface area contributed by atoms with Gasteiger partial charge < -0.3 is 10.8 Å². The molecule has 3 heteroatoms. The Morgan fingerprint density at radius 2 is 2.21 bits per heavy atom. The average molecular weight is 192 g/mol. The number of benzene rings is 1. The first kappa shape index (κ1) is 9.49. The summed E-state index contributed by atoms with van der Waals surface area (Å²) in [5, 5.41) is 9.28. The molecule has 1 fully saturated rings. The molecule has 0 amide bonds. The fourth-order valence-electron chi connectivity index (χ4n) is 2.00. The van der Waals surface area contributed by atoms with Crippen LogP contribution in [0.5, 0.6) is 5.75 Å². The van der Waals surface area contributed by atoms with Crippen molar-refractivity contribution in [1.82, 2.24) is 4.90 Å². The van der Waals surface area contributed by atoms with Crippen molar-refractivity contribution in [3.63, 3.8) is 0 Å². The lowest BCUT2D eigenvalue weighted by Gasteiger charge is -2.45. The van der Waals surface area contributed by atoms with Crippen LogP contribution in [0.2, 0.25) is 0 Å². The van der Waals surface area contributed by atoms with Crippen LogP contribution in [0.15, 0.2) is 24.3 Å². The van der Waals surface area contributed by atoms with Crippen molar-refractivity contribution in [3.05, 3.63) is 29.8 Å². The topological polar surface area (TPSA) is 49.5 Å². The molecule has 3 nitrogen and oxygen atoms in total. The smallest absolute Gasteiger partial charge is 0.115 e. The van der Waals surface area contributed by atoms with Gasteiger partial charge in [0.1, 0.15) is 5.75 Å². The maximum Gasteiger partial charge on any atom is 0.115 e. The van der Waals surface area contributed by atoms with Crippen molar-refractivity contribution in [1.29, 1.82) is 0 Å². The highest BCUT2D eigenvalue weighted by Gasteiger charge is 2.34. The van der Waals surface area contributed by atoms with Gasteiger partial charge in [-0.05, 0) is 24.6 Å². The van der Waals surface area contributed by atoms with Crippen molar-refractivity contribution >= 4 is 0 Å². The fraction of sp³-hybridized carbons (Fsp3) is 0.455. The molecule has 0 spiro atoms. The predicted molar refractivity (Wildman–Crippen MR) is 56.0 cm³/mol. The zero-order valence-corrected chi connectivity index (χ0v) is 8.40. The number of nitrogens with zero attached hydrogens (tertiary/aromatic N) is 1. The van der Waals surface area contributed by atoms with Gasteiger partial charge in [0.25, 0.3) is 0 Å². The monoisotopic (exact) mass is 192 g/mol. The summed E-state index contributed by atoms with van der Waals surface area (Å²) in [6.07, 6.45) is 0. The third-order valence-corrected chi connectivity index (χ3v) is 2.49. The highest BCUT2D eigenvalue weighted by molar-refractivity contribution is 5.27. The third-order valence-electron chi connectivity index (χ3n) is 2.49. The lowest BCUT2D eigenvalue weighted by atomic mass is 9.93. The van der Waals surface area contributed by atoms with Gasteiger partial charge in [-0.1, -0.05) is 12.1 Å². The summed E-state index contributed by atoms with van der Waals surface area (Å²) in [6.45, 7) is 4.80. The molecule has 14 heavy (non-hydrogen) atoms. The molecule has 76 valence electrons. The van der Waals surface area contributed by atoms with Crippen molar-refractivity contribution < 1.29 is 5.11 Å². The van der Waals surface area contributed by atoms with E-state index in [-0.39, 0.29) is 5.54 Å². The molecule has 0 aliphatic carbocycles. The Morgan fingerprint density at radius 3 is 2.79 bits per heavy atom. The normalized spacial score (nSPS) is 20.4. The molecule has 0 saturated carbocycles. The first-order chi connectivity index (χ1) is 6.55. The summed E-state index contributed by atoms with van der Waals surface area (Å²) >= 11 is 0.